The predicted octanol–water partition coefficient (Wildman–Crippen LogP) is 3.19. The van der Waals surface area contributed by atoms with Crippen molar-refractivity contribution in [1.29, 1.82) is 0 Å². The fourth-order valence-corrected chi connectivity index (χ4v) is 2.13. The van der Waals surface area contributed by atoms with Crippen molar-refractivity contribution < 1.29 is 14.3 Å². The van der Waals surface area contributed by atoms with Gasteiger partial charge in [-0.1, -0.05) is 42.0 Å². The minimum Gasteiger partial charge on any atom is -0.469 e. The molecule has 0 aliphatic carbocycles. The van der Waals surface area contributed by atoms with Gasteiger partial charge in [0.25, 0.3) is 0 Å². The number of hydrogen-bond acceptors (Lipinski definition) is 3. The Bertz CT molecular complexity index is 644. The molecule has 2 rings (SSSR count). The van der Waals surface area contributed by atoms with Gasteiger partial charge < -0.3 is 4.74 Å². The molecule has 0 N–H and O–H groups in total. The monoisotopic (exact) mass is 268 g/mol. The Balaban J connectivity index is 2.40. The van der Waals surface area contributed by atoms with Crippen LogP contribution in [0.4, 0.5) is 0 Å². The van der Waals surface area contributed by atoms with Crippen LogP contribution in [0.1, 0.15) is 21.5 Å². The molecule has 0 spiro atoms. The highest BCUT2D eigenvalue weighted by Crippen LogP contribution is 2.24. The summed E-state index contributed by atoms with van der Waals surface area (Å²) in [5, 5.41) is 0. The Hall–Kier alpha value is -2.42. The second kappa shape index (κ2) is 6.15. The zero-order chi connectivity index (χ0) is 14.5. The van der Waals surface area contributed by atoms with Gasteiger partial charge in [-0.3, -0.25) is 9.59 Å². The fourth-order valence-electron chi connectivity index (χ4n) is 2.13. The number of esters is 1. The molecule has 2 aromatic carbocycles. The molecule has 0 aliphatic rings. The summed E-state index contributed by atoms with van der Waals surface area (Å²) < 4.78 is 4.67. The molecule has 0 aromatic heterocycles. The van der Waals surface area contributed by atoms with Crippen molar-refractivity contribution in [1.82, 2.24) is 0 Å². The van der Waals surface area contributed by atoms with E-state index in [1.54, 1.807) is 0 Å². The molecule has 0 unspecified atom stereocenters. The standard InChI is InChI=1S/C17H16O3/c1-12-6-7-16(15(8-12)11-18)14-5-3-4-13(9-14)10-17(19)20-2/h3-9,11H,10H2,1-2H3. The van der Waals surface area contributed by atoms with Crippen LogP contribution in [0.25, 0.3) is 11.1 Å². The maximum Gasteiger partial charge on any atom is 0.309 e. The zero-order valence-corrected chi connectivity index (χ0v) is 11.6. The summed E-state index contributed by atoms with van der Waals surface area (Å²) in [6, 6.07) is 13.3. The Kier molecular flexibility index (Phi) is 4.31. The van der Waals surface area contributed by atoms with Gasteiger partial charge in [-0.15, -0.1) is 0 Å². The molecule has 102 valence electrons. The van der Waals surface area contributed by atoms with Crippen LogP contribution in [-0.2, 0) is 16.0 Å². The quantitative estimate of drug-likeness (QED) is 0.632. The number of benzene rings is 2. The van der Waals surface area contributed by atoms with Crippen LogP contribution in [0.15, 0.2) is 42.5 Å². The minimum atomic E-state index is -0.276. The van der Waals surface area contributed by atoms with Gasteiger partial charge in [0.1, 0.15) is 0 Å². The smallest absolute Gasteiger partial charge is 0.309 e. The summed E-state index contributed by atoms with van der Waals surface area (Å²) in [5.74, 6) is -0.276. The number of ether oxygens (including phenoxy) is 1. The highest BCUT2D eigenvalue weighted by atomic mass is 16.5. The third-order valence-corrected chi connectivity index (χ3v) is 3.15. The summed E-state index contributed by atoms with van der Waals surface area (Å²) >= 11 is 0. The molecule has 0 radical (unpaired) electrons. The molecular weight excluding hydrogens is 252 g/mol. The van der Waals surface area contributed by atoms with E-state index in [9.17, 15) is 9.59 Å². The minimum absolute atomic E-state index is 0.229. The Morgan fingerprint density at radius 1 is 1.20 bits per heavy atom. The van der Waals surface area contributed by atoms with Crippen molar-refractivity contribution in [2.45, 2.75) is 13.3 Å². The van der Waals surface area contributed by atoms with Crippen molar-refractivity contribution in [3.05, 3.63) is 59.2 Å². The van der Waals surface area contributed by atoms with Crippen LogP contribution >= 0.6 is 0 Å². The van der Waals surface area contributed by atoms with Crippen LogP contribution in [0.2, 0.25) is 0 Å². The maximum absolute atomic E-state index is 11.3. The first-order chi connectivity index (χ1) is 9.63. The van der Waals surface area contributed by atoms with Gasteiger partial charge in [0.05, 0.1) is 13.5 Å². The third-order valence-electron chi connectivity index (χ3n) is 3.15. The Labute approximate surface area is 118 Å². The van der Waals surface area contributed by atoms with E-state index in [1.807, 2.05) is 49.4 Å². The fraction of sp³-hybridized carbons (Fsp3) is 0.176. The molecule has 0 saturated carbocycles. The first kappa shape index (κ1) is 14.0. The van der Waals surface area contributed by atoms with E-state index in [-0.39, 0.29) is 12.4 Å². The van der Waals surface area contributed by atoms with Crippen LogP contribution in [0.5, 0.6) is 0 Å². The highest BCUT2D eigenvalue weighted by Gasteiger charge is 2.08. The molecule has 0 heterocycles. The lowest BCUT2D eigenvalue weighted by molar-refractivity contribution is -0.139. The average molecular weight is 268 g/mol. The molecule has 0 aliphatic heterocycles. The molecule has 2 aromatic rings. The van der Waals surface area contributed by atoms with E-state index < -0.39 is 0 Å². The average Bonchev–Trinajstić information content (AvgIpc) is 2.47. The summed E-state index contributed by atoms with van der Waals surface area (Å²) in [5.41, 5.74) is 4.36. The topological polar surface area (TPSA) is 43.4 Å². The first-order valence-corrected chi connectivity index (χ1v) is 6.36. The lowest BCUT2D eigenvalue weighted by atomic mass is 9.96. The second-order valence-corrected chi connectivity index (χ2v) is 4.66. The first-order valence-electron chi connectivity index (χ1n) is 6.36. The van der Waals surface area contributed by atoms with Crippen molar-refractivity contribution in [2.24, 2.45) is 0 Å². The predicted molar refractivity (Wildman–Crippen MR) is 77.7 cm³/mol. The van der Waals surface area contributed by atoms with Gasteiger partial charge in [0.15, 0.2) is 6.29 Å². The number of aldehydes is 1. The van der Waals surface area contributed by atoms with Gasteiger partial charge >= 0.3 is 5.97 Å². The summed E-state index contributed by atoms with van der Waals surface area (Å²) in [6.07, 6.45) is 1.09. The van der Waals surface area contributed by atoms with Crippen molar-refractivity contribution in [3.63, 3.8) is 0 Å². The molecule has 0 bridgehead atoms. The van der Waals surface area contributed by atoms with E-state index in [2.05, 4.69) is 4.74 Å². The number of aryl methyl sites for hydroxylation is 1. The molecule has 0 atom stereocenters. The second-order valence-electron chi connectivity index (χ2n) is 4.66. The van der Waals surface area contributed by atoms with Crippen LogP contribution in [0, 0.1) is 6.92 Å². The van der Waals surface area contributed by atoms with E-state index in [0.717, 1.165) is 28.5 Å². The lowest BCUT2D eigenvalue weighted by Gasteiger charge is -2.08. The van der Waals surface area contributed by atoms with Gasteiger partial charge in [0, 0.05) is 5.56 Å². The normalized spacial score (nSPS) is 10.1. The zero-order valence-electron chi connectivity index (χ0n) is 11.6. The molecule has 0 saturated heterocycles. The third kappa shape index (κ3) is 3.12. The Morgan fingerprint density at radius 3 is 2.70 bits per heavy atom. The van der Waals surface area contributed by atoms with Gasteiger partial charge in [-0.25, -0.2) is 0 Å². The molecule has 3 nitrogen and oxygen atoms in total. The molecule has 3 heteroatoms. The van der Waals surface area contributed by atoms with Crippen LogP contribution in [-0.4, -0.2) is 19.4 Å². The SMILES string of the molecule is COC(=O)Cc1cccc(-c2ccc(C)cc2C=O)c1. The number of hydrogen-bond donors (Lipinski definition) is 0. The van der Waals surface area contributed by atoms with Crippen LogP contribution in [0.3, 0.4) is 0 Å². The van der Waals surface area contributed by atoms with E-state index in [0.29, 0.717) is 5.56 Å². The molecule has 0 fully saturated rings. The van der Waals surface area contributed by atoms with E-state index in [1.165, 1.54) is 7.11 Å². The largest absolute Gasteiger partial charge is 0.469 e. The van der Waals surface area contributed by atoms with Gasteiger partial charge in [-0.2, -0.15) is 0 Å². The van der Waals surface area contributed by atoms with Crippen molar-refractivity contribution in [3.8, 4) is 11.1 Å². The Morgan fingerprint density at radius 2 is 2.00 bits per heavy atom. The molecule has 20 heavy (non-hydrogen) atoms. The highest BCUT2D eigenvalue weighted by molar-refractivity contribution is 5.88. The molecular formula is C17H16O3. The van der Waals surface area contributed by atoms with Crippen molar-refractivity contribution in [2.75, 3.05) is 7.11 Å². The van der Waals surface area contributed by atoms with E-state index >= 15 is 0 Å². The number of carbonyl (C=O) groups excluding carboxylic acids is 2. The number of methoxy groups -OCH3 is 1. The van der Waals surface area contributed by atoms with E-state index in [4.69, 9.17) is 0 Å². The summed E-state index contributed by atoms with van der Waals surface area (Å²) in [6.45, 7) is 1.95. The number of carbonyl (C=O) groups is 2. The van der Waals surface area contributed by atoms with Gasteiger partial charge in [0.2, 0.25) is 0 Å². The molecule has 0 amide bonds. The summed E-state index contributed by atoms with van der Waals surface area (Å²) in [7, 11) is 1.37. The number of rotatable bonds is 4. The van der Waals surface area contributed by atoms with Crippen LogP contribution < -0.4 is 0 Å². The summed E-state index contributed by atoms with van der Waals surface area (Å²) in [4.78, 5) is 22.5. The van der Waals surface area contributed by atoms with Gasteiger partial charge in [-0.05, 0) is 29.7 Å². The lowest BCUT2D eigenvalue weighted by Crippen LogP contribution is -2.04. The van der Waals surface area contributed by atoms with Crippen molar-refractivity contribution >= 4 is 12.3 Å². The maximum atomic E-state index is 11.3.